The third-order valence-corrected chi connectivity index (χ3v) is 2.84. The van der Waals surface area contributed by atoms with Crippen molar-refractivity contribution >= 4 is 11.0 Å². The molecule has 0 aliphatic carbocycles. The van der Waals surface area contributed by atoms with Gasteiger partial charge in [0.25, 0.3) is 0 Å². The fraction of sp³-hybridized carbons (Fsp3) is 0.429. The largest absolute Gasteiger partial charge is 0.459 e. The molecule has 4 heteroatoms. The fourth-order valence-corrected chi connectivity index (χ4v) is 2.07. The van der Waals surface area contributed by atoms with Gasteiger partial charge in [-0.2, -0.15) is 0 Å². The minimum absolute atomic E-state index is 0.125. The minimum atomic E-state index is -0.234. The van der Waals surface area contributed by atoms with Gasteiger partial charge in [0.15, 0.2) is 0 Å². The molecule has 1 aromatic carbocycles. The zero-order chi connectivity index (χ0) is 13.1. The summed E-state index contributed by atoms with van der Waals surface area (Å²) in [5.41, 5.74) is 0.730. The Hall–Kier alpha value is -1.39. The molecular weight excluding hydrogens is 231 g/mol. The van der Waals surface area contributed by atoms with E-state index in [0.29, 0.717) is 0 Å². The van der Waals surface area contributed by atoms with Crippen molar-refractivity contribution in [3.63, 3.8) is 0 Å². The van der Waals surface area contributed by atoms with Crippen LogP contribution >= 0.6 is 0 Å². The molecule has 0 spiro atoms. The molecule has 0 aliphatic heterocycles. The third kappa shape index (κ3) is 2.89. The number of nitrogens with zero attached hydrogens (tertiary/aromatic N) is 1. The molecule has 1 N–H and O–H groups in total. The highest BCUT2D eigenvalue weighted by atomic mass is 19.1. The lowest BCUT2D eigenvalue weighted by Gasteiger charge is -2.19. The van der Waals surface area contributed by atoms with Crippen LogP contribution in [0, 0.1) is 5.82 Å². The summed E-state index contributed by atoms with van der Waals surface area (Å²) in [6, 6.07) is 6.63. The second-order valence-electron chi connectivity index (χ2n) is 4.70. The Kier molecular flexibility index (Phi) is 3.99. The average Bonchev–Trinajstić information content (AvgIpc) is 2.70. The van der Waals surface area contributed by atoms with E-state index in [-0.39, 0.29) is 11.9 Å². The summed E-state index contributed by atoms with van der Waals surface area (Å²) in [6.45, 7) is 3.77. The lowest BCUT2D eigenvalue weighted by Crippen LogP contribution is -2.30. The Labute approximate surface area is 107 Å². The molecule has 1 unspecified atom stereocenters. The third-order valence-electron chi connectivity index (χ3n) is 2.84. The zero-order valence-electron chi connectivity index (χ0n) is 11.0. The van der Waals surface area contributed by atoms with Gasteiger partial charge in [0.2, 0.25) is 0 Å². The first-order chi connectivity index (χ1) is 8.60. The van der Waals surface area contributed by atoms with E-state index < -0.39 is 0 Å². The summed E-state index contributed by atoms with van der Waals surface area (Å²) >= 11 is 0. The Balaban J connectivity index is 2.31. The van der Waals surface area contributed by atoms with E-state index in [1.165, 1.54) is 12.1 Å². The number of benzene rings is 1. The first-order valence-electron chi connectivity index (χ1n) is 6.17. The number of rotatable bonds is 5. The van der Waals surface area contributed by atoms with Gasteiger partial charge in [0, 0.05) is 11.9 Å². The molecule has 98 valence electrons. The molecule has 0 saturated carbocycles. The smallest absolute Gasteiger partial charge is 0.134 e. The molecular formula is C14H19FN2O. The summed E-state index contributed by atoms with van der Waals surface area (Å²) in [5, 5.41) is 4.19. The Morgan fingerprint density at radius 2 is 2.11 bits per heavy atom. The van der Waals surface area contributed by atoms with Crippen molar-refractivity contribution in [3.05, 3.63) is 35.8 Å². The standard InChI is InChI=1S/C14H19FN2O/c1-4-16-12(9-17(2)3)14-8-10-7-11(15)5-6-13(10)18-14/h5-8,12,16H,4,9H2,1-3H3. The number of halogens is 1. The van der Waals surface area contributed by atoms with E-state index in [1.807, 2.05) is 20.2 Å². The number of fused-ring (bicyclic) bond motifs is 1. The zero-order valence-corrected chi connectivity index (χ0v) is 11.0. The lowest BCUT2D eigenvalue weighted by atomic mass is 10.2. The van der Waals surface area contributed by atoms with E-state index in [4.69, 9.17) is 4.42 Å². The van der Waals surface area contributed by atoms with Crippen molar-refractivity contribution in [1.82, 2.24) is 10.2 Å². The van der Waals surface area contributed by atoms with Gasteiger partial charge in [0.1, 0.15) is 17.2 Å². The van der Waals surface area contributed by atoms with Crippen molar-refractivity contribution in [2.45, 2.75) is 13.0 Å². The Morgan fingerprint density at radius 3 is 2.78 bits per heavy atom. The van der Waals surface area contributed by atoms with E-state index in [0.717, 1.165) is 29.8 Å². The highest BCUT2D eigenvalue weighted by Gasteiger charge is 2.16. The molecule has 0 aliphatic rings. The SMILES string of the molecule is CCNC(CN(C)C)c1cc2cc(F)ccc2o1. The summed E-state index contributed by atoms with van der Waals surface area (Å²) in [6.07, 6.45) is 0. The lowest BCUT2D eigenvalue weighted by molar-refractivity contribution is 0.316. The topological polar surface area (TPSA) is 28.4 Å². The van der Waals surface area contributed by atoms with Gasteiger partial charge in [-0.15, -0.1) is 0 Å². The summed E-state index contributed by atoms with van der Waals surface area (Å²) < 4.78 is 18.9. The van der Waals surface area contributed by atoms with Crippen LogP contribution in [0.4, 0.5) is 4.39 Å². The van der Waals surface area contributed by atoms with Crippen molar-refractivity contribution in [2.75, 3.05) is 27.2 Å². The van der Waals surface area contributed by atoms with Gasteiger partial charge in [-0.3, -0.25) is 0 Å². The maximum atomic E-state index is 13.1. The van der Waals surface area contributed by atoms with Crippen molar-refractivity contribution in [1.29, 1.82) is 0 Å². The van der Waals surface area contributed by atoms with Crippen LogP contribution < -0.4 is 5.32 Å². The number of likely N-dealkylation sites (N-methyl/N-ethyl adjacent to an activating group) is 2. The van der Waals surface area contributed by atoms with Gasteiger partial charge in [-0.1, -0.05) is 6.92 Å². The van der Waals surface area contributed by atoms with Crippen LogP contribution in [0.3, 0.4) is 0 Å². The minimum Gasteiger partial charge on any atom is -0.459 e. The molecule has 2 aromatic rings. The van der Waals surface area contributed by atoms with Crippen molar-refractivity contribution in [2.24, 2.45) is 0 Å². The molecule has 0 radical (unpaired) electrons. The first-order valence-corrected chi connectivity index (χ1v) is 6.17. The van der Waals surface area contributed by atoms with Gasteiger partial charge in [-0.05, 0) is 44.9 Å². The maximum Gasteiger partial charge on any atom is 0.134 e. The van der Waals surface area contributed by atoms with Crippen LogP contribution in [0.2, 0.25) is 0 Å². The monoisotopic (exact) mass is 250 g/mol. The normalized spacial score (nSPS) is 13.4. The van der Waals surface area contributed by atoms with E-state index >= 15 is 0 Å². The predicted octanol–water partition coefficient (Wildman–Crippen LogP) is 2.78. The van der Waals surface area contributed by atoms with Crippen LogP contribution in [-0.4, -0.2) is 32.1 Å². The Morgan fingerprint density at radius 1 is 1.33 bits per heavy atom. The molecule has 0 saturated heterocycles. The Bertz CT molecular complexity index is 521. The molecule has 2 rings (SSSR count). The highest BCUT2D eigenvalue weighted by Crippen LogP contribution is 2.25. The van der Waals surface area contributed by atoms with Crippen LogP contribution in [0.5, 0.6) is 0 Å². The molecule has 0 fully saturated rings. The van der Waals surface area contributed by atoms with E-state index in [2.05, 4.69) is 17.1 Å². The molecule has 1 heterocycles. The molecule has 0 amide bonds. The number of hydrogen-bond acceptors (Lipinski definition) is 3. The second-order valence-corrected chi connectivity index (χ2v) is 4.70. The molecule has 1 atom stereocenters. The number of nitrogens with one attached hydrogen (secondary N) is 1. The van der Waals surface area contributed by atoms with Crippen LogP contribution in [0.1, 0.15) is 18.7 Å². The van der Waals surface area contributed by atoms with E-state index in [1.54, 1.807) is 6.07 Å². The van der Waals surface area contributed by atoms with Crippen LogP contribution in [0.15, 0.2) is 28.7 Å². The first kappa shape index (κ1) is 13.1. The van der Waals surface area contributed by atoms with Crippen molar-refractivity contribution < 1.29 is 8.81 Å². The number of furan rings is 1. The molecule has 1 aromatic heterocycles. The van der Waals surface area contributed by atoms with E-state index in [9.17, 15) is 4.39 Å². The summed E-state index contributed by atoms with van der Waals surface area (Å²) in [5.74, 6) is 0.619. The molecule has 3 nitrogen and oxygen atoms in total. The van der Waals surface area contributed by atoms with Crippen LogP contribution in [-0.2, 0) is 0 Å². The van der Waals surface area contributed by atoms with Gasteiger partial charge in [0.05, 0.1) is 6.04 Å². The summed E-state index contributed by atoms with van der Waals surface area (Å²) in [4.78, 5) is 2.10. The van der Waals surface area contributed by atoms with Gasteiger partial charge < -0.3 is 14.6 Å². The quantitative estimate of drug-likeness (QED) is 0.884. The van der Waals surface area contributed by atoms with Gasteiger partial charge >= 0.3 is 0 Å². The van der Waals surface area contributed by atoms with Gasteiger partial charge in [-0.25, -0.2) is 4.39 Å². The average molecular weight is 250 g/mol. The maximum absolute atomic E-state index is 13.1. The molecule has 0 bridgehead atoms. The number of hydrogen-bond donors (Lipinski definition) is 1. The van der Waals surface area contributed by atoms with Crippen molar-refractivity contribution in [3.8, 4) is 0 Å². The van der Waals surface area contributed by atoms with Crippen LogP contribution in [0.25, 0.3) is 11.0 Å². The highest BCUT2D eigenvalue weighted by molar-refractivity contribution is 5.78. The molecule has 18 heavy (non-hydrogen) atoms. The summed E-state index contributed by atoms with van der Waals surface area (Å²) in [7, 11) is 4.04. The second kappa shape index (κ2) is 5.50. The predicted molar refractivity (Wildman–Crippen MR) is 71.1 cm³/mol. The fourth-order valence-electron chi connectivity index (χ4n) is 2.07.